The highest BCUT2D eigenvalue weighted by molar-refractivity contribution is 7.90. The fourth-order valence-electron chi connectivity index (χ4n) is 3.84. The van der Waals surface area contributed by atoms with Gasteiger partial charge in [-0.3, -0.25) is 10.1 Å². The van der Waals surface area contributed by atoms with E-state index in [0.717, 1.165) is 28.3 Å². The van der Waals surface area contributed by atoms with Crippen LogP contribution >= 0.6 is 0 Å². The van der Waals surface area contributed by atoms with E-state index in [-0.39, 0.29) is 16.5 Å². The van der Waals surface area contributed by atoms with Crippen LogP contribution in [0.4, 0.5) is 11.4 Å². The Hall–Kier alpha value is -3.65. The van der Waals surface area contributed by atoms with E-state index in [1.807, 2.05) is 60.8 Å². The van der Waals surface area contributed by atoms with E-state index in [1.165, 1.54) is 18.2 Å². The molecule has 1 unspecified atom stereocenters. The van der Waals surface area contributed by atoms with Crippen molar-refractivity contribution in [3.05, 3.63) is 100 Å². The van der Waals surface area contributed by atoms with Gasteiger partial charge in [0.1, 0.15) is 10.6 Å². The summed E-state index contributed by atoms with van der Waals surface area (Å²) < 4.78 is 24.1. The number of nitrogens with zero attached hydrogens (tertiary/aromatic N) is 1. The number of nitro groups is 1. The van der Waals surface area contributed by atoms with Crippen LogP contribution in [0.2, 0.25) is 0 Å². The van der Waals surface area contributed by atoms with E-state index in [2.05, 4.69) is 10.3 Å². The predicted molar refractivity (Wildman–Crippen MR) is 121 cm³/mol. The van der Waals surface area contributed by atoms with Gasteiger partial charge in [0.15, 0.2) is 9.84 Å². The van der Waals surface area contributed by atoms with Crippen molar-refractivity contribution in [1.82, 2.24) is 4.98 Å². The Morgan fingerprint density at radius 1 is 1.00 bits per heavy atom. The zero-order valence-electron chi connectivity index (χ0n) is 16.8. The Balaban J connectivity index is 1.76. The molecule has 0 aliphatic carbocycles. The minimum absolute atomic E-state index is 0.112. The van der Waals surface area contributed by atoms with Gasteiger partial charge in [-0.05, 0) is 29.3 Å². The van der Waals surface area contributed by atoms with Crippen LogP contribution in [0.3, 0.4) is 0 Å². The smallest absolute Gasteiger partial charge is 0.310 e. The number of aromatic nitrogens is 1. The quantitative estimate of drug-likeness (QED) is 0.323. The zero-order valence-corrected chi connectivity index (χ0v) is 17.6. The first kappa shape index (κ1) is 20.6. The lowest BCUT2D eigenvalue weighted by atomic mass is 9.91. The number of benzene rings is 3. The summed E-state index contributed by atoms with van der Waals surface area (Å²) in [6.07, 6.45) is 2.92. The van der Waals surface area contributed by atoms with E-state index in [0.29, 0.717) is 6.54 Å². The zero-order chi connectivity index (χ0) is 22.0. The summed E-state index contributed by atoms with van der Waals surface area (Å²) in [7, 11) is -3.75. The van der Waals surface area contributed by atoms with Crippen LogP contribution in [-0.2, 0) is 9.84 Å². The molecule has 0 fully saturated rings. The summed E-state index contributed by atoms with van der Waals surface area (Å²) in [6.45, 7) is 0.347. The third-order valence-corrected chi connectivity index (χ3v) is 6.40. The van der Waals surface area contributed by atoms with Gasteiger partial charge in [0, 0.05) is 35.8 Å². The number of sulfone groups is 1. The number of hydrogen-bond donors (Lipinski definition) is 2. The van der Waals surface area contributed by atoms with Crippen molar-refractivity contribution in [3.8, 4) is 0 Å². The highest BCUT2D eigenvalue weighted by Gasteiger charge is 2.27. The molecule has 0 aliphatic rings. The second-order valence-electron chi connectivity index (χ2n) is 7.32. The molecule has 0 radical (unpaired) electrons. The van der Waals surface area contributed by atoms with E-state index >= 15 is 0 Å². The van der Waals surface area contributed by atoms with Crippen molar-refractivity contribution in [2.45, 2.75) is 10.8 Å². The van der Waals surface area contributed by atoms with E-state index in [1.54, 1.807) is 0 Å². The Morgan fingerprint density at radius 2 is 1.71 bits per heavy atom. The molecule has 2 N–H and O–H groups in total. The fraction of sp³-hybridized carbons (Fsp3) is 0.130. The number of rotatable bonds is 7. The van der Waals surface area contributed by atoms with Gasteiger partial charge in [-0.1, -0.05) is 54.6 Å². The maximum Gasteiger partial charge on any atom is 0.310 e. The van der Waals surface area contributed by atoms with Crippen molar-refractivity contribution >= 4 is 32.1 Å². The molecule has 4 rings (SSSR count). The van der Waals surface area contributed by atoms with Gasteiger partial charge < -0.3 is 10.3 Å². The molecule has 4 aromatic rings. The van der Waals surface area contributed by atoms with Gasteiger partial charge in [-0.25, -0.2) is 8.42 Å². The lowest BCUT2D eigenvalue weighted by Crippen LogP contribution is -2.15. The molecule has 0 bridgehead atoms. The van der Waals surface area contributed by atoms with Crippen molar-refractivity contribution in [2.75, 3.05) is 18.1 Å². The van der Waals surface area contributed by atoms with Crippen LogP contribution in [0.15, 0.2) is 83.9 Å². The van der Waals surface area contributed by atoms with Crippen LogP contribution in [0.5, 0.6) is 0 Å². The average molecular weight is 436 g/mol. The summed E-state index contributed by atoms with van der Waals surface area (Å²) in [5.74, 6) is -0.112. The summed E-state index contributed by atoms with van der Waals surface area (Å²) in [5, 5.41) is 15.9. The Bertz CT molecular complexity index is 1350. The molecule has 0 aliphatic heterocycles. The number of nitrogens with one attached hydrogen (secondary N) is 2. The van der Waals surface area contributed by atoms with Gasteiger partial charge in [0.25, 0.3) is 0 Å². The molecule has 1 aromatic heterocycles. The number of anilines is 1. The second-order valence-corrected chi connectivity index (χ2v) is 9.30. The topological polar surface area (TPSA) is 105 Å². The molecule has 0 spiro atoms. The van der Waals surface area contributed by atoms with Crippen molar-refractivity contribution in [1.29, 1.82) is 0 Å². The molecule has 8 heteroatoms. The lowest BCUT2D eigenvalue weighted by Gasteiger charge is -2.19. The van der Waals surface area contributed by atoms with Crippen molar-refractivity contribution in [3.63, 3.8) is 0 Å². The highest BCUT2D eigenvalue weighted by Crippen LogP contribution is 2.35. The SMILES string of the molecule is CS(=O)(=O)c1cccc(NCC(c2ccccc2)c2c[nH]c3ccccc23)c1[N+](=O)[O-]. The van der Waals surface area contributed by atoms with Gasteiger partial charge in [-0.2, -0.15) is 0 Å². The molecule has 0 amide bonds. The van der Waals surface area contributed by atoms with E-state index in [4.69, 9.17) is 0 Å². The first-order chi connectivity index (χ1) is 14.9. The normalized spacial score (nSPS) is 12.5. The first-order valence-electron chi connectivity index (χ1n) is 9.68. The molecular weight excluding hydrogens is 414 g/mol. The van der Waals surface area contributed by atoms with E-state index < -0.39 is 20.4 Å². The maximum absolute atomic E-state index is 12.1. The third kappa shape index (κ3) is 4.15. The van der Waals surface area contributed by atoms with Gasteiger partial charge in [-0.15, -0.1) is 0 Å². The maximum atomic E-state index is 12.1. The predicted octanol–water partition coefficient (Wildman–Crippen LogP) is 4.72. The van der Waals surface area contributed by atoms with Crippen LogP contribution in [0.25, 0.3) is 10.9 Å². The Labute approximate surface area is 179 Å². The van der Waals surface area contributed by atoms with Crippen molar-refractivity contribution < 1.29 is 13.3 Å². The number of hydrogen-bond acceptors (Lipinski definition) is 5. The molecule has 3 aromatic carbocycles. The number of para-hydroxylation sites is 2. The molecule has 0 saturated heterocycles. The minimum atomic E-state index is -3.75. The molecule has 1 heterocycles. The Morgan fingerprint density at radius 3 is 2.42 bits per heavy atom. The number of nitro benzene ring substituents is 1. The summed E-state index contributed by atoms with van der Waals surface area (Å²) in [6, 6.07) is 22.1. The summed E-state index contributed by atoms with van der Waals surface area (Å²) in [4.78, 5) is 14.0. The van der Waals surface area contributed by atoms with Gasteiger partial charge >= 0.3 is 5.69 Å². The Kier molecular flexibility index (Phi) is 5.48. The second kappa shape index (κ2) is 8.23. The third-order valence-electron chi connectivity index (χ3n) is 5.28. The largest absolute Gasteiger partial charge is 0.378 e. The number of H-pyrrole nitrogens is 1. The van der Waals surface area contributed by atoms with Gasteiger partial charge in [0.2, 0.25) is 0 Å². The summed E-state index contributed by atoms with van der Waals surface area (Å²) in [5.41, 5.74) is 2.84. The van der Waals surface area contributed by atoms with Gasteiger partial charge in [0.05, 0.1) is 4.92 Å². The van der Waals surface area contributed by atoms with Crippen LogP contribution in [0.1, 0.15) is 17.0 Å². The monoisotopic (exact) mass is 435 g/mol. The minimum Gasteiger partial charge on any atom is -0.378 e. The van der Waals surface area contributed by atoms with Crippen LogP contribution in [0, 0.1) is 10.1 Å². The standard InChI is InChI=1S/C23H21N3O4S/c1-31(29,30)22-13-7-12-21(23(22)26(27)28)25-14-18(16-8-3-2-4-9-16)19-15-24-20-11-6-5-10-17(19)20/h2-13,15,18,24-25H,14H2,1H3. The fourth-order valence-corrected chi connectivity index (χ4v) is 4.70. The average Bonchev–Trinajstić information content (AvgIpc) is 3.18. The molecule has 0 saturated carbocycles. The van der Waals surface area contributed by atoms with Crippen LogP contribution < -0.4 is 5.32 Å². The number of fused-ring (bicyclic) bond motifs is 1. The highest BCUT2D eigenvalue weighted by atomic mass is 32.2. The summed E-state index contributed by atoms with van der Waals surface area (Å²) >= 11 is 0. The van der Waals surface area contributed by atoms with Crippen molar-refractivity contribution in [2.24, 2.45) is 0 Å². The number of aromatic amines is 1. The lowest BCUT2D eigenvalue weighted by molar-refractivity contribution is -0.386. The van der Waals surface area contributed by atoms with Crippen LogP contribution in [-0.4, -0.2) is 31.1 Å². The molecule has 31 heavy (non-hydrogen) atoms. The molecule has 1 atom stereocenters. The van der Waals surface area contributed by atoms with E-state index in [9.17, 15) is 18.5 Å². The first-order valence-corrected chi connectivity index (χ1v) is 11.6. The molecule has 158 valence electrons. The molecular formula is C23H21N3O4S. The molecule has 7 nitrogen and oxygen atoms in total.